The molecule has 0 saturated heterocycles. The summed E-state index contributed by atoms with van der Waals surface area (Å²) in [7, 11) is 1.25. The zero-order valence-electron chi connectivity index (χ0n) is 8.51. The minimum Gasteiger partial charge on any atom is -0.496 e. The Kier molecular flexibility index (Phi) is 3.49. The summed E-state index contributed by atoms with van der Waals surface area (Å²) in [6, 6.07) is 1.07. The van der Waals surface area contributed by atoms with Crippen molar-refractivity contribution in [3.8, 4) is 5.75 Å². The SMILES string of the molecule is COc1c(C)cc(F)c(Cl)c1C(=O)C(=O)O. The molecule has 1 aromatic carbocycles. The number of carboxylic acid groups (broad SMARTS) is 1. The molecule has 0 aliphatic carbocycles. The molecule has 6 heteroatoms. The van der Waals surface area contributed by atoms with Gasteiger partial charge in [-0.05, 0) is 18.6 Å². The van der Waals surface area contributed by atoms with Gasteiger partial charge >= 0.3 is 5.97 Å². The van der Waals surface area contributed by atoms with Gasteiger partial charge in [0.1, 0.15) is 11.6 Å². The van der Waals surface area contributed by atoms with Crippen LogP contribution in [0.25, 0.3) is 0 Å². The fraction of sp³-hybridized carbons (Fsp3) is 0.200. The zero-order chi connectivity index (χ0) is 12.5. The van der Waals surface area contributed by atoms with Gasteiger partial charge in [0.2, 0.25) is 0 Å². The van der Waals surface area contributed by atoms with Crippen molar-refractivity contribution in [1.29, 1.82) is 0 Å². The number of halogens is 2. The fourth-order valence-electron chi connectivity index (χ4n) is 1.31. The van der Waals surface area contributed by atoms with Crippen molar-refractivity contribution in [2.45, 2.75) is 6.92 Å². The number of carbonyl (C=O) groups excluding carboxylic acids is 1. The van der Waals surface area contributed by atoms with Gasteiger partial charge in [-0.3, -0.25) is 4.79 Å². The van der Waals surface area contributed by atoms with Crippen LogP contribution in [0.15, 0.2) is 6.07 Å². The molecule has 0 heterocycles. The lowest BCUT2D eigenvalue weighted by Crippen LogP contribution is -2.15. The summed E-state index contributed by atoms with van der Waals surface area (Å²) < 4.78 is 18.1. The molecule has 0 radical (unpaired) electrons. The molecule has 1 N–H and O–H groups in total. The number of ether oxygens (including phenoxy) is 1. The van der Waals surface area contributed by atoms with Gasteiger partial charge in [-0.15, -0.1) is 0 Å². The minimum absolute atomic E-state index is 0.0289. The number of carbonyl (C=O) groups is 2. The van der Waals surface area contributed by atoms with E-state index in [0.29, 0.717) is 5.56 Å². The minimum atomic E-state index is -1.72. The predicted octanol–water partition coefficient (Wildman–Crippen LogP) is 2.06. The van der Waals surface area contributed by atoms with E-state index in [-0.39, 0.29) is 5.75 Å². The Morgan fingerprint density at radius 2 is 2.06 bits per heavy atom. The van der Waals surface area contributed by atoms with E-state index in [1.54, 1.807) is 0 Å². The average molecular weight is 247 g/mol. The van der Waals surface area contributed by atoms with Gasteiger partial charge in [-0.25, -0.2) is 9.18 Å². The second-order valence-corrected chi connectivity index (χ2v) is 3.41. The maximum atomic E-state index is 13.2. The molecule has 0 atom stereocenters. The summed E-state index contributed by atoms with van der Waals surface area (Å²) in [6.07, 6.45) is 0. The van der Waals surface area contributed by atoms with Crippen LogP contribution in [0.5, 0.6) is 5.75 Å². The first-order chi connectivity index (χ1) is 7.40. The molecule has 0 aliphatic rings. The Balaban J connectivity index is 3.57. The molecule has 16 heavy (non-hydrogen) atoms. The second kappa shape index (κ2) is 4.49. The number of aliphatic carboxylic acids is 1. The number of hydrogen-bond acceptors (Lipinski definition) is 3. The molecule has 86 valence electrons. The summed E-state index contributed by atoms with van der Waals surface area (Å²) in [5, 5.41) is 8.03. The van der Waals surface area contributed by atoms with Crippen molar-refractivity contribution in [3.63, 3.8) is 0 Å². The average Bonchev–Trinajstić information content (AvgIpc) is 2.21. The van der Waals surface area contributed by atoms with Crippen LogP contribution in [0.4, 0.5) is 4.39 Å². The molecule has 0 bridgehead atoms. The van der Waals surface area contributed by atoms with Crippen LogP contribution in [0.3, 0.4) is 0 Å². The van der Waals surface area contributed by atoms with Gasteiger partial charge in [0.25, 0.3) is 5.78 Å². The maximum absolute atomic E-state index is 13.2. The standard InChI is InChI=1S/C10H8ClFO4/c1-4-3-5(12)7(11)6(9(4)16-2)8(13)10(14)15/h3H,1-2H3,(H,14,15). The van der Waals surface area contributed by atoms with E-state index >= 15 is 0 Å². The van der Waals surface area contributed by atoms with E-state index in [4.69, 9.17) is 21.4 Å². The number of methoxy groups -OCH3 is 1. The molecule has 0 saturated carbocycles. The number of ketones is 1. The zero-order valence-corrected chi connectivity index (χ0v) is 9.26. The van der Waals surface area contributed by atoms with Gasteiger partial charge < -0.3 is 9.84 Å². The van der Waals surface area contributed by atoms with Crippen LogP contribution in [-0.2, 0) is 4.79 Å². The lowest BCUT2D eigenvalue weighted by molar-refractivity contribution is -0.131. The van der Waals surface area contributed by atoms with E-state index < -0.39 is 28.2 Å². The van der Waals surface area contributed by atoms with E-state index in [0.717, 1.165) is 6.07 Å². The Hall–Kier alpha value is -1.62. The van der Waals surface area contributed by atoms with Crippen LogP contribution in [0.2, 0.25) is 5.02 Å². The van der Waals surface area contributed by atoms with Crippen LogP contribution >= 0.6 is 11.6 Å². The van der Waals surface area contributed by atoms with Gasteiger partial charge in [-0.2, -0.15) is 0 Å². The van der Waals surface area contributed by atoms with Gasteiger partial charge in [0.15, 0.2) is 0 Å². The Morgan fingerprint density at radius 1 is 1.50 bits per heavy atom. The largest absolute Gasteiger partial charge is 0.496 e. The predicted molar refractivity (Wildman–Crippen MR) is 54.7 cm³/mol. The first kappa shape index (κ1) is 12.4. The van der Waals surface area contributed by atoms with E-state index in [9.17, 15) is 14.0 Å². The van der Waals surface area contributed by atoms with Crippen LogP contribution < -0.4 is 4.74 Å². The Morgan fingerprint density at radius 3 is 2.50 bits per heavy atom. The van der Waals surface area contributed by atoms with Crippen molar-refractivity contribution in [2.24, 2.45) is 0 Å². The number of Topliss-reactive ketones (excluding diaryl/α,β-unsaturated/α-hetero) is 1. The Bertz CT molecular complexity index is 470. The summed E-state index contributed by atoms with van der Waals surface area (Å²) in [6.45, 7) is 1.48. The molecule has 0 aliphatic heterocycles. The summed E-state index contributed by atoms with van der Waals surface area (Å²) in [5.74, 6) is -3.90. The molecule has 0 spiro atoms. The van der Waals surface area contributed by atoms with Crippen molar-refractivity contribution >= 4 is 23.4 Å². The van der Waals surface area contributed by atoms with E-state index in [2.05, 4.69) is 0 Å². The highest BCUT2D eigenvalue weighted by Gasteiger charge is 2.26. The smallest absolute Gasteiger partial charge is 0.377 e. The molecule has 4 nitrogen and oxygen atoms in total. The van der Waals surface area contributed by atoms with Crippen molar-refractivity contribution < 1.29 is 23.8 Å². The lowest BCUT2D eigenvalue weighted by Gasteiger charge is -2.11. The first-order valence-electron chi connectivity index (χ1n) is 4.20. The highest BCUT2D eigenvalue weighted by Crippen LogP contribution is 2.32. The molecular weight excluding hydrogens is 239 g/mol. The third-order valence-electron chi connectivity index (χ3n) is 1.98. The summed E-state index contributed by atoms with van der Waals surface area (Å²) in [5.41, 5.74) is -0.164. The fourth-order valence-corrected chi connectivity index (χ4v) is 1.53. The number of carboxylic acids is 1. The van der Waals surface area contributed by atoms with Crippen LogP contribution in [0.1, 0.15) is 15.9 Å². The molecule has 0 aromatic heterocycles. The lowest BCUT2D eigenvalue weighted by atomic mass is 10.1. The molecule has 0 unspecified atom stereocenters. The van der Waals surface area contributed by atoms with Gasteiger partial charge in [-0.1, -0.05) is 11.6 Å². The topological polar surface area (TPSA) is 63.6 Å². The van der Waals surface area contributed by atoms with Crippen molar-refractivity contribution in [3.05, 3.63) is 28.0 Å². The van der Waals surface area contributed by atoms with Gasteiger partial charge in [0, 0.05) is 0 Å². The van der Waals surface area contributed by atoms with Crippen molar-refractivity contribution in [2.75, 3.05) is 7.11 Å². The highest BCUT2D eigenvalue weighted by molar-refractivity contribution is 6.45. The van der Waals surface area contributed by atoms with E-state index in [1.807, 2.05) is 0 Å². The third-order valence-corrected chi connectivity index (χ3v) is 2.35. The summed E-state index contributed by atoms with van der Waals surface area (Å²) >= 11 is 5.55. The van der Waals surface area contributed by atoms with Crippen LogP contribution in [-0.4, -0.2) is 24.0 Å². The number of benzene rings is 1. The third kappa shape index (κ3) is 1.99. The van der Waals surface area contributed by atoms with Crippen LogP contribution in [0, 0.1) is 12.7 Å². The summed E-state index contributed by atoms with van der Waals surface area (Å²) in [4.78, 5) is 21.9. The molecule has 0 amide bonds. The number of aryl methyl sites for hydroxylation is 1. The highest BCUT2D eigenvalue weighted by atomic mass is 35.5. The number of rotatable bonds is 3. The van der Waals surface area contributed by atoms with E-state index in [1.165, 1.54) is 14.0 Å². The Labute approximate surface area is 95.6 Å². The first-order valence-corrected chi connectivity index (χ1v) is 4.58. The van der Waals surface area contributed by atoms with Crippen molar-refractivity contribution in [1.82, 2.24) is 0 Å². The molecule has 1 aromatic rings. The second-order valence-electron chi connectivity index (χ2n) is 3.03. The molecule has 0 fully saturated rings. The normalized spacial score (nSPS) is 10.0. The molecular formula is C10H8ClFO4. The van der Waals surface area contributed by atoms with Gasteiger partial charge in [0.05, 0.1) is 17.7 Å². The monoisotopic (exact) mass is 246 g/mol. The number of hydrogen-bond donors (Lipinski definition) is 1. The maximum Gasteiger partial charge on any atom is 0.377 e. The molecule has 1 rings (SSSR count). The quantitative estimate of drug-likeness (QED) is 0.655.